The number of urea groups is 1. The molecule has 0 aliphatic heterocycles. The fourth-order valence-corrected chi connectivity index (χ4v) is 3.59. The summed E-state index contributed by atoms with van der Waals surface area (Å²) in [5, 5.41) is 13.2. The maximum atomic E-state index is 12.8. The number of anilines is 2. The molecule has 2 aromatic carbocycles. The van der Waals surface area contributed by atoms with Crippen LogP contribution < -0.4 is 10.6 Å². The highest BCUT2D eigenvalue weighted by molar-refractivity contribution is 8.01. The summed E-state index contributed by atoms with van der Waals surface area (Å²) >= 11 is 2.43. The number of halogens is 1. The number of carbonyl (C=O) groups excluding carboxylic acids is 2. The van der Waals surface area contributed by atoms with Crippen LogP contribution in [0.15, 0.2) is 58.9 Å². The van der Waals surface area contributed by atoms with Gasteiger partial charge in [0.15, 0.2) is 10.1 Å². The number of ketones is 1. The summed E-state index contributed by atoms with van der Waals surface area (Å²) in [7, 11) is 0. The molecule has 26 heavy (non-hydrogen) atoms. The minimum absolute atomic E-state index is 0.00522. The molecule has 0 saturated carbocycles. The number of Topliss-reactive ketones (excluding diaryl/α,β-unsaturated/α-hetero) is 1. The van der Waals surface area contributed by atoms with E-state index >= 15 is 0 Å². The monoisotopic (exact) mass is 388 g/mol. The van der Waals surface area contributed by atoms with Crippen LogP contribution in [0.25, 0.3) is 0 Å². The standard InChI is InChI=1S/C17H13FN4O2S2/c18-12-6-8-13(9-7-12)19-15(24)20-16-21-22-17(26-16)25-10-14(23)11-4-2-1-3-5-11/h1-9H,10H2,(H2,19,20,21,24). The third-order valence-corrected chi connectivity index (χ3v) is 5.12. The minimum atomic E-state index is -0.510. The van der Waals surface area contributed by atoms with Gasteiger partial charge in [-0.15, -0.1) is 10.2 Å². The molecule has 2 amide bonds. The van der Waals surface area contributed by atoms with Gasteiger partial charge in [-0.3, -0.25) is 10.1 Å². The van der Waals surface area contributed by atoms with Crippen LogP contribution in [0.2, 0.25) is 0 Å². The van der Waals surface area contributed by atoms with Crippen LogP contribution >= 0.6 is 23.1 Å². The Morgan fingerprint density at radius 1 is 1.00 bits per heavy atom. The molecular formula is C17H13FN4O2S2. The Hall–Kier alpha value is -2.78. The summed E-state index contributed by atoms with van der Waals surface area (Å²) in [5.74, 6) is -0.151. The fourth-order valence-electron chi connectivity index (χ4n) is 1.95. The van der Waals surface area contributed by atoms with Crippen LogP contribution in [0.4, 0.5) is 20.0 Å². The smallest absolute Gasteiger partial charge is 0.308 e. The molecule has 0 saturated heterocycles. The zero-order chi connectivity index (χ0) is 18.4. The maximum absolute atomic E-state index is 12.8. The topological polar surface area (TPSA) is 84.0 Å². The van der Waals surface area contributed by atoms with Gasteiger partial charge in [-0.25, -0.2) is 9.18 Å². The zero-order valence-corrected chi connectivity index (χ0v) is 14.9. The number of hydrogen-bond donors (Lipinski definition) is 2. The molecule has 0 atom stereocenters. The van der Waals surface area contributed by atoms with E-state index in [0.29, 0.717) is 20.7 Å². The Balaban J connectivity index is 1.50. The van der Waals surface area contributed by atoms with Crippen LogP contribution in [0.1, 0.15) is 10.4 Å². The number of hydrogen-bond acceptors (Lipinski definition) is 6. The largest absolute Gasteiger partial charge is 0.325 e. The van der Waals surface area contributed by atoms with Gasteiger partial charge >= 0.3 is 6.03 Å². The number of aromatic nitrogens is 2. The highest BCUT2D eigenvalue weighted by Crippen LogP contribution is 2.26. The van der Waals surface area contributed by atoms with E-state index < -0.39 is 6.03 Å². The molecule has 0 unspecified atom stereocenters. The predicted octanol–water partition coefficient (Wildman–Crippen LogP) is 4.30. The predicted molar refractivity (Wildman–Crippen MR) is 100 cm³/mol. The number of nitrogens with zero attached hydrogens (tertiary/aromatic N) is 2. The van der Waals surface area contributed by atoms with Gasteiger partial charge in [-0.1, -0.05) is 53.4 Å². The number of amides is 2. The van der Waals surface area contributed by atoms with Crippen molar-refractivity contribution in [3.63, 3.8) is 0 Å². The molecule has 0 bridgehead atoms. The lowest BCUT2D eigenvalue weighted by Crippen LogP contribution is -2.19. The average molecular weight is 388 g/mol. The summed E-state index contributed by atoms with van der Waals surface area (Å²) < 4.78 is 13.4. The van der Waals surface area contributed by atoms with Crippen LogP contribution in [0, 0.1) is 5.82 Å². The molecule has 0 fully saturated rings. The van der Waals surface area contributed by atoms with E-state index in [1.807, 2.05) is 18.2 Å². The van der Waals surface area contributed by atoms with Gasteiger partial charge in [0.25, 0.3) is 0 Å². The van der Waals surface area contributed by atoms with Gasteiger partial charge in [0.2, 0.25) is 5.13 Å². The highest BCUT2D eigenvalue weighted by Gasteiger charge is 2.11. The van der Waals surface area contributed by atoms with Crippen molar-refractivity contribution >= 4 is 45.7 Å². The lowest BCUT2D eigenvalue weighted by Gasteiger charge is -2.04. The summed E-state index contributed by atoms with van der Waals surface area (Å²) in [6, 6.07) is 13.9. The second-order valence-corrected chi connectivity index (χ2v) is 7.24. The third-order valence-electron chi connectivity index (χ3n) is 3.15. The molecule has 1 aromatic heterocycles. The second-order valence-electron chi connectivity index (χ2n) is 5.04. The van der Waals surface area contributed by atoms with E-state index in [-0.39, 0.29) is 17.4 Å². The van der Waals surface area contributed by atoms with E-state index in [4.69, 9.17) is 0 Å². The molecule has 132 valence electrons. The number of benzene rings is 2. The molecule has 1 heterocycles. The SMILES string of the molecule is O=C(Nc1ccc(F)cc1)Nc1nnc(SCC(=O)c2ccccc2)s1. The third kappa shape index (κ3) is 5.11. The normalized spacial score (nSPS) is 10.3. The molecule has 2 N–H and O–H groups in total. The molecule has 0 spiro atoms. The van der Waals surface area contributed by atoms with Gasteiger partial charge in [-0.05, 0) is 24.3 Å². The lowest BCUT2D eigenvalue weighted by atomic mass is 10.2. The van der Waals surface area contributed by atoms with E-state index in [0.717, 1.165) is 0 Å². The molecule has 0 radical (unpaired) electrons. The van der Waals surface area contributed by atoms with Crippen molar-refractivity contribution in [1.29, 1.82) is 0 Å². The fraction of sp³-hybridized carbons (Fsp3) is 0.0588. The van der Waals surface area contributed by atoms with Gasteiger partial charge in [0, 0.05) is 11.3 Å². The van der Waals surface area contributed by atoms with Crippen molar-refractivity contribution < 1.29 is 14.0 Å². The van der Waals surface area contributed by atoms with E-state index in [1.54, 1.807) is 12.1 Å². The van der Waals surface area contributed by atoms with Gasteiger partial charge in [0.05, 0.1) is 5.75 Å². The molecule has 0 aliphatic carbocycles. The zero-order valence-electron chi connectivity index (χ0n) is 13.3. The average Bonchev–Trinajstić information content (AvgIpc) is 3.09. The van der Waals surface area contributed by atoms with Crippen LogP contribution in [0.5, 0.6) is 0 Å². The molecule has 3 rings (SSSR count). The number of carbonyl (C=O) groups is 2. The quantitative estimate of drug-likeness (QED) is 0.374. The van der Waals surface area contributed by atoms with Gasteiger partial charge in [0.1, 0.15) is 5.82 Å². The molecule has 6 nitrogen and oxygen atoms in total. The van der Waals surface area contributed by atoms with Crippen molar-refractivity contribution in [2.24, 2.45) is 0 Å². The Bertz CT molecular complexity index is 901. The molecule has 3 aromatic rings. The van der Waals surface area contributed by atoms with E-state index in [9.17, 15) is 14.0 Å². The van der Waals surface area contributed by atoms with Gasteiger partial charge in [-0.2, -0.15) is 0 Å². The Kier molecular flexibility index (Phi) is 5.92. The van der Waals surface area contributed by atoms with Gasteiger partial charge < -0.3 is 5.32 Å². The summed E-state index contributed by atoms with van der Waals surface area (Å²) in [6.07, 6.45) is 0. The Morgan fingerprint density at radius 2 is 1.73 bits per heavy atom. The second kappa shape index (κ2) is 8.54. The first-order chi connectivity index (χ1) is 12.6. The summed E-state index contributed by atoms with van der Waals surface area (Å²) in [6.45, 7) is 0. The first-order valence-electron chi connectivity index (χ1n) is 7.48. The number of rotatable bonds is 6. The Morgan fingerprint density at radius 3 is 2.46 bits per heavy atom. The summed E-state index contributed by atoms with van der Waals surface area (Å²) in [5.41, 5.74) is 1.10. The number of nitrogens with one attached hydrogen (secondary N) is 2. The van der Waals surface area contributed by atoms with Crippen molar-refractivity contribution in [3.05, 3.63) is 66.0 Å². The van der Waals surface area contributed by atoms with Crippen molar-refractivity contribution in [2.45, 2.75) is 4.34 Å². The first-order valence-corrected chi connectivity index (χ1v) is 9.28. The van der Waals surface area contributed by atoms with Crippen molar-refractivity contribution in [2.75, 3.05) is 16.4 Å². The van der Waals surface area contributed by atoms with Crippen molar-refractivity contribution in [1.82, 2.24) is 10.2 Å². The van der Waals surface area contributed by atoms with E-state index in [2.05, 4.69) is 20.8 Å². The molecule has 0 aliphatic rings. The van der Waals surface area contributed by atoms with Crippen molar-refractivity contribution in [3.8, 4) is 0 Å². The molecular weight excluding hydrogens is 375 g/mol. The lowest BCUT2D eigenvalue weighted by molar-refractivity contribution is 0.102. The van der Waals surface area contributed by atoms with Crippen LogP contribution in [-0.2, 0) is 0 Å². The van der Waals surface area contributed by atoms with Crippen LogP contribution in [0.3, 0.4) is 0 Å². The van der Waals surface area contributed by atoms with E-state index in [1.165, 1.54) is 47.4 Å². The Labute approximate surface area is 156 Å². The highest BCUT2D eigenvalue weighted by atomic mass is 32.2. The number of thioether (sulfide) groups is 1. The van der Waals surface area contributed by atoms with Crippen LogP contribution in [-0.4, -0.2) is 27.8 Å². The maximum Gasteiger partial charge on any atom is 0.325 e. The first kappa shape index (κ1) is 18.0. The minimum Gasteiger partial charge on any atom is -0.308 e. The molecule has 9 heteroatoms. The summed E-state index contributed by atoms with van der Waals surface area (Å²) in [4.78, 5) is 23.9.